The van der Waals surface area contributed by atoms with Gasteiger partial charge in [0.05, 0.1) is 5.41 Å². The molecule has 3 aromatic carbocycles. The summed E-state index contributed by atoms with van der Waals surface area (Å²) in [7, 11) is -4.17. The van der Waals surface area contributed by atoms with Crippen LogP contribution in [0, 0.1) is 5.41 Å². The first kappa shape index (κ1) is 23.0. The highest BCUT2D eigenvalue weighted by molar-refractivity contribution is 7.93. The van der Waals surface area contributed by atoms with Crippen molar-refractivity contribution in [3.63, 3.8) is 0 Å². The molecule has 0 heterocycles. The minimum absolute atomic E-state index is 0.0399. The molecule has 0 saturated carbocycles. The van der Waals surface area contributed by atoms with E-state index in [4.69, 9.17) is 5.73 Å². The Labute approximate surface area is 187 Å². The van der Waals surface area contributed by atoms with Gasteiger partial charge in [-0.2, -0.15) is 0 Å². The minimum atomic E-state index is -4.17. The number of carbonyl (C=O) groups is 2. The molecule has 3 N–H and O–H groups in total. The molecule has 0 fully saturated rings. The van der Waals surface area contributed by atoms with Gasteiger partial charge in [0.15, 0.2) is 0 Å². The highest BCUT2D eigenvalue weighted by Gasteiger charge is 2.45. The van der Waals surface area contributed by atoms with Crippen LogP contribution in [0.2, 0.25) is 0 Å². The lowest BCUT2D eigenvalue weighted by atomic mass is 9.75. The summed E-state index contributed by atoms with van der Waals surface area (Å²) < 4.78 is 27.3. The second-order valence-corrected chi connectivity index (χ2v) is 9.03. The smallest absolute Gasteiger partial charge is 0.257 e. The van der Waals surface area contributed by atoms with Gasteiger partial charge in [0.2, 0.25) is 11.8 Å². The SMILES string of the molecule is NC(=O)C(Cc1ccccc1)(Cc1ccccc1)C(=O)NS(=O)(=O)C=Cc1ccccc1. The van der Waals surface area contributed by atoms with Crippen LogP contribution in [0.25, 0.3) is 6.08 Å². The van der Waals surface area contributed by atoms with Gasteiger partial charge in [-0.25, -0.2) is 13.1 Å². The van der Waals surface area contributed by atoms with Crippen LogP contribution in [-0.2, 0) is 32.5 Å². The third-order valence-electron chi connectivity index (χ3n) is 5.08. The van der Waals surface area contributed by atoms with Gasteiger partial charge in [0.1, 0.15) is 5.41 Å². The number of nitrogens with two attached hydrogens (primary N) is 1. The minimum Gasteiger partial charge on any atom is -0.369 e. The molecule has 3 rings (SSSR count). The fraction of sp³-hybridized carbons (Fsp3) is 0.120. The van der Waals surface area contributed by atoms with Crippen LogP contribution >= 0.6 is 0 Å². The maximum Gasteiger partial charge on any atom is 0.257 e. The number of primary amides is 1. The number of hydrogen-bond acceptors (Lipinski definition) is 4. The molecule has 0 aliphatic carbocycles. The highest BCUT2D eigenvalue weighted by Crippen LogP contribution is 2.29. The Hall–Kier alpha value is -3.71. The Bertz CT molecular complexity index is 1150. The van der Waals surface area contributed by atoms with Gasteiger partial charge in [-0.3, -0.25) is 9.59 Å². The number of rotatable bonds is 9. The average Bonchev–Trinajstić information content (AvgIpc) is 2.79. The fourth-order valence-corrected chi connectivity index (χ4v) is 4.25. The zero-order valence-corrected chi connectivity index (χ0v) is 18.2. The molecule has 0 bridgehead atoms. The first-order valence-electron chi connectivity index (χ1n) is 9.99. The van der Waals surface area contributed by atoms with Crippen molar-refractivity contribution < 1.29 is 18.0 Å². The Kier molecular flexibility index (Phi) is 7.22. The van der Waals surface area contributed by atoms with Crippen molar-refractivity contribution in [3.05, 3.63) is 113 Å². The molecule has 0 aliphatic rings. The number of carbonyl (C=O) groups excluding carboxylic acids is 2. The molecule has 0 aromatic heterocycles. The molecular formula is C25H24N2O4S. The van der Waals surface area contributed by atoms with Crippen molar-refractivity contribution in [2.24, 2.45) is 11.1 Å². The van der Waals surface area contributed by atoms with Crippen LogP contribution < -0.4 is 10.5 Å². The van der Waals surface area contributed by atoms with E-state index in [1.165, 1.54) is 6.08 Å². The zero-order valence-electron chi connectivity index (χ0n) is 17.3. The first-order chi connectivity index (χ1) is 15.3. The predicted molar refractivity (Wildman–Crippen MR) is 124 cm³/mol. The van der Waals surface area contributed by atoms with Crippen molar-refractivity contribution in [1.82, 2.24) is 4.72 Å². The summed E-state index contributed by atoms with van der Waals surface area (Å²) in [6.07, 6.45) is 1.29. The molecule has 7 heteroatoms. The molecule has 32 heavy (non-hydrogen) atoms. The van der Waals surface area contributed by atoms with Gasteiger partial charge in [-0.05, 0) is 35.6 Å². The van der Waals surface area contributed by atoms with E-state index in [1.54, 1.807) is 72.8 Å². The van der Waals surface area contributed by atoms with Crippen molar-refractivity contribution in [2.45, 2.75) is 12.8 Å². The summed E-state index contributed by atoms with van der Waals surface area (Å²) in [6.45, 7) is 0. The summed E-state index contributed by atoms with van der Waals surface area (Å²) in [5.41, 5.74) is 5.98. The van der Waals surface area contributed by atoms with E-state index in [2.05, 4.69) is 0 Å². The van der Waals surface area contributed by atoms with E-state index in [1.807, 2.05) is 22.9 Å². The lowest BCUT2D eigenvalue weighted by molar-refractivity contribution is -0.140. The molecule has 0 atom stereocenters. The van der Waals surface area contributed by atoms with Crippen LogP contribution in [0.3, 0.4) is 0 Å². The Morgan fingerprint density at radius 1 is 0.781 bits per heavy atom. The van der Waals surface area contributed by atoms with Gasteiger partial charge < -0.3 is 5.73 Å². The topological polar surface area (TPSA) is 106 Å². The summed E-state index contributed by atoms with van der Waals surface area (Å²) in [5.74, 6) is -1.86. The van der Waals surface area contributed by atoms with Crippen molar-refractivity contribution >= 4 is 27.9 Å². The summed E-state index contributed by atoms with van der Waals surface area (Å²) >= 11 is 0. The van der Waals surface area contributed by atoms with Crippen molar-refractivity contribution in [1.29, 1.82) is 0 Å². The van der Waals surface area contributed by atoms with Crippen molar-refractivity contribution in [2.75, 3.05) is 0 Å². The quantitative estimate of drug-likeness (QED) is 0.491. The van der Waals surface area contributed by atoms with Gasteiger partial charge in [0.25, 0.3) is 10.0 Å². The maximum atomic E-state index is 13.3. The van der Waals surface area contributed by atoms with Gasteiger partial charge in [0, 0.05) is 0 Å². The molecule has 0 saturated heterocycles. The fourth-order valence-electron chi connectivity index (χ4n) is 3.39. The van der Waals surface area contributed by atoms with E-state index in [9.17, 15) is 18.0 Å². The second-order valence-electron chi connectivity index (χ2n) is 7.46. The molecule has 2 amide bonds. The Balaban J connectivity index is 1.94. The number of nitrogens with one attached hydrogen (secondary N) is 1. The first-order valence-corrected chi connectivity index (χ1v) is 11.5. The van der Waals surface area contributed by atoms with E-state index < -0.39 is 27.3 Å². The number of hydrogen-bond donors (Lipinski definition) is 2. The second kappa shape index (κ2) is 10.1. The van der Waals surface area contributed by atoms with E-state index in [0.717, 1.165) is 5.41 Å². The summed E-state index contributed by atoms with van der Waals surface area (Å²) in [6, 6.07) is 26.6. The standard InChI is InChI=1S/C25H24N2O4S/c26-23(28)25(18-21-12-6-2-7-13-21,19-22-14-8-3-9-15-22)24(29)27-32(30,31)17-16-20-10-4-1-5-11-20/h1-17H,18-19H2,(H2,26,28)(H,27,29). The largest absolute Gasteiger partial charge is 0.369 e. The summed E-state index contributed by atoms with van der Waals surface area (Å²) in [5, 5.41) is 0.900. The normalized spacial score (nSPS) is 11.9. The van der Waals surface area contributed by atoms with Crippen LogP contribution in [-0.4, -0.2) is 20.2 Å². The Morgan fingerprint density at radius 2 is 1.22 bits per heavy atom. The van der Waals surface area contributed by atoms with Crippen molar-refractivity contribution in [3.8, 4) is 0 Å². The van der Waals surface area contributed by atoms with Crippen LogP contribution in [0.5, 0.6) is 0 Å². The van der Waals surface area contributed by atoms with Gasteiger partial charge in [-0.15, -0.1) is 0 Å². The molecule has 0 unspecified atom stereocenters. The third-order valence-corrected chi connectivity index (χ3v) is 6.04. The molecule has 0 radical (unpaired) electrons. The van der Waals surface area contributed by atoms with E-state index in [-0.39, 0.29) is 12.8 Å². The molecular weight excluding hydrogens is 424 g/mol. The zero-order chi connectivity index (χ0) is 23.0. The number of sulfonamides is 1. The molecule has 6 nitrogen and oxygen atoms in total. The van der Waals surface area contributed by atoms with Gasteiger partial charge in [-0.1, -0.05) is 91.0 Å². The average molecular weight is 449 g/mol. The third kappa shape index (κ3) is 5.92. The lowest BCUT2D eigenvalue weighted by Gasteiger charge is -2.29. The highest BCUT2D eigenvalue weighted by atomic mass is 32.2. The number of benzene rings is 3. The monoisotopic (exact) mass is 448 g/mol. The molecule has 3 aromatic rings. The molecule has 0 spiro atoms. The van der Waals surface area contributed by atoms with Crippen LogP contribution in [0.15, 0.2) is 96.4 Å². The summed E-state index contributed by atoms with van der Waals surface area (Å²) in [4.78, 5) is 26.0. The van der Waals surface area contributed by atoms with E-state index >= 15 is 0 Å². The number of amides is 2. The molecule has 164 valence electrons. The van der Waals surface area contributed by atoms with Gasteiger partial charge >= 0.3 is 0 Å². The van der Waals surface area contributed by atoms with Crippen LogP contribution in [0.1, 0.15) is 16.7 Å². The Morgan fingerprint density at radius 3 is 1.66 bits per heavy atom. The van der Waals surface area contributed by atoms with E-state index in [0.29, 0.717) is 16.7 Å². The lowest BCUT2D eigenvalue weighted by Crippen LogP contribution is -2.53. The molecule has 0 aliphatic heterocycles. The maximum absolute atomic E-state index is 13.3. The predicted octanol–water partition coefficient (Wildman–Crippen LogP) is 3.06. The van der Waals surface area contributed by atoms with Crippen LogP contribution in [0.4, 0.5) is 0 Å².